The molecule has 1 unspecified atom stereocenters. The van der Waals surface area contributed by atoms with Crippen molar-refractivity contribution in [2.24, 2.45) is 0 Å². The second-order valence-electron chi connectivity index (χ2n) is 4.96. The molecule has 0 aromatic heterocycles. The van der Waals surface area contributed by atoms with Gasteiger partial charge in [-0.2, -0.15) is 0 Å². The molecule has 0 saturated heterocycles. The maximum Gasteiger partial charge on any atom is 0.139 e. The summed E-state index contributed by atoms with van der Waals surface area (Å²) in [6.45, 7) is 2.83. The van der Waals surface area contributed by atoms with Gasteiger partial charge in [0.25, 0.3) is 0 Å². The molecule has 0 amide bonds. The second kappa shape index (κ2) is 5.44. The number of anilines is 1. The van der Waals surface area contributed by atoms with Crippen LogP contribution in [0.4, 0.5) is 10.1 Å². The van der Waals surface area contributed by atoms with Crippen LogP contribution in [0.15, 0.2) is 40.9 Å². The first-order chi connectivity index (χ1) is 9.63. The van der Waals surface area contributed by atoms with Gasteiger partial charge in [0.05, 0.1) is 11.1 Å². The van der Waals surface area contributed by atoms with E-state index in [4.69, 9.17) is 4.74 Å². The van der Waals surface area contributed by atoms with Crippen LogP contribution in [0.5, 0.6) is 5.75 Å². The largest absolute Gasteiger partial charge is 0.493 e. The Morgan fingerprint density at radius 1 is 1.25 bits per heavy atom. The molecule has 0 spiro atoms. The van der Waals surface area contributed by atoms with Crippen molar-refractivity contribution in [3.63, 3.8) is 0 Å². The summed E-state index contributed by atoms with van der Waals surface area (Å²) in [5.41, 5.74) is 3.20. The Morgan fingerprint density at radius 3 is 2.90 bits per heavy atom. The molecule has 0 aliphatic carbocycles. The summed E-state index contributed by atoms with van der Waals surface area (Å²) < 4.78 is 19.5. The van der Waals surface area contributed by atoms with Gasteiger partial charge < -0.3 is 10.1 Å². The molecule has 1 N–H and O–H groups in total. The summed E-state index contributed by atoms with van der Waals surface area (Å²) in [6.07, 6.45) is 0.961. The predicted octanol–water partition coefficient (Wildman–Crippen LogP) is 4.70. The molecule has 0 radical (unpaired) electrons. The average Bonchev–Trinajstić information content (AvgIpc) is 2.90. The Kier molecular flexibility index (Phi) is 3.66. The van der Waals surface area contributed by atoms with Gasteiger partial charge in [-0.15, -0.1) is 0 Å². The smallest absolute Gasteiger partial charge is 0.139 e. The van der Waals surface area contributed by atoms with Gasteiger partial charge in [0.15, 0.2) is 0 Å². The van der Waals surface area contributed by atoms with Crippen LogP contribution in [0.2, 0.25) is 0 Å². The van der Waals surface area contributed by atoms with E-state index >= 15 is 0 Å². The quantitative estimate of drug-likeness (QED) is 0.877. The molecule has 0 saturated carbocycles. The van der Waals surface area contributed by atoms with E-state index in [1.54, 1.807) is 6.07 Å². The molecular weight excluding hydrogens is 321 g/mol. The summed E-state index contributed by atoms with van der Waals surface area (Å²) in [5.74, 6) is 0.722. The molecule has 20 heavy (non-hydrogen) atoms. The van der Waals surface area contributed by atoms with Crippen molar-refractivity contribution in [1.82, 2.24) is 0 Å². The number of fused-ring (bicyclic) bond motifs is 1. The van der Waals surface area contributed by atoms with Crippen LogP contribution in [0.3, 0.4) is 0 Å². The van der Waals surface area contributed by atoms with Crippen molar-refractivity contribution in [1.29, 1.82) is 0 Å². The van der Waals surface area contributed by atoms with E-state index in [2.05, 4.69) is 40.3 Å². The lowest BCUT2D eigenvalue weighted by atomic mass is 10.0. The number of rotatable bonds is 3. The highest BCUT2D eigenvalue weighted by atomic mass is 79.9. The van der Waals surface area contributed by atoms with Gasteiger partial charge in [-0.3, -0.25) is 0 Å². The topological polar surface area (TPSA) is 21.3 Å². The maximum absolute atomic E-state index is 13.5. The zero-order valence-electron chi connectivity index (χ0n) is 11.1. The van der Waals surface area contributed by atoms with Crippen LogP contribution in [0.25, 0.3) is 0 Å². The molecule has 2 aromatic rings. The molecule has 1 heterocycles. The van der Waals surface area contributed by atoms with Crippen LogP contribution in [-0.4, -0.2) is 6.61 Å². The summed E-state index contributed by atoms with van der Waals surface area (Å²) in [6, 6.07) is 11.4. The number of nitrogens with one attached hydrogen (secondary N) is 1. The molecular formula is C16H15BrFNO. The van der Waals surface area contributed by atoms with E-state index in [9.17, 15) is 4.39 Å². The lowest BCUT2D eigenvalue weighted by molar-refractivity contribution is 0.357. The maximum atomic E-state index is 13.5. The molecule has 1 atom stereocenters. The van der Waals surface area contributed by atoms with E-state index < -0.39 is 0 Å². The number of hydrogen-bond donors (Lipinski definition) is 1. The Bertz CT molecular complexity index is 644. The molecule has 2 aromatic carbocycles. The summed E-state index contributed by atoms with van der Waals surface area (Å²) in [7, 11) is 0. The summed E-state index contributed by atoms with van der Waals surface area (Å²) in [4.78, 5) is 0. The summed E-state index contributed by atoms with van der Waals surface area (Å²) in [5, 5.41) is 3.32. The van der Waals surface area contributed by atoms with Crippen molar-refractivity contribution in [2.45, 2.75) is 19.4 Å². The minimum Gasteiger partial charge on any atom is -0.493 e. The minimum atomic E-state index is -0.260. The lowest BCUT2D eigenvalue weighted by Gasteiger charge is -2.16. The fraction of sp³-hybridized carbons (Fsp3) is 0.250. The van der Waals surface area contributed by atoms with E-state index in [0.717, 1.165) is 24.5 Å². The predicted molar refractivity (Wildman–Crippen MR) is 81.8 cm³/mol. The second-order valence-corrected chi connectivity index (χ2v) is 5.81. The van der Waals surface area contributed by atoms with Gasteiger partial charge in [0, 0.05) is 18.2 Å². The fourth-order valence-corrected chi connectivity index (χ4v) is 2.64. The highest BCUT2D eigenvalue weighted by Crippen LogP contribution is 2.29. The van der Waals surface area contributed by atoms with Crippen molar-refractivity contribution < 1.29 is 9.13 Å². The van der Waals surface area contributed by atoms with E-state index in [1.807, 2.05) is 12.1 Å². The standard InChI is InChI=1S/C16H15BrFNO/c1-10(19-13-3-4-14(17)15(18)9-13)11-2-5-16-12(8-11)6-7-20-16/h2-5,8-10,19H,6-7H2,1H3. The van der Waals surface area contributed by atoms with Gasteiger partial charge in [-0.1, -0.05) is 6.07 Å². The highest BCUT2D eigenvalue weighted by Gasteiger charge is 2.14. The van der Waals surface area contributed by atoms with Gasteiger partial charge >= 0.3 is 0 Å². The van der Waals surface area contributed by atoms with Crippen LogP contribution < -0.4 is 10.1 Å². The summed E-state index contributed by atoms with van der Waals surface area (Å²) >= 11 is 3.16. The Labute approximate surface area is 126 Å². The first kappa shape index (κ1) is 13.4. The molecule has 2 nitrogen and oxygen atoms in total. The molecule has 104 valence electrons. The number of ether oxygens (including phenoxy) is 1. The zero-order valence-corrected chi connectivity index (χ0v) is 12.7. The molecule has 1 aliphatic rings. The number of halogens is 2. The van der Waals surface area contributed by atoms with Crippen molar-refractivity contribution in [2.75, 3.05) is 11.9 Å². The fourth-order valence-electron chi connectivity index (χ4n) is 2.40. The van der Waals surface area contributed by atoms with Gasteiger partial charge in [0.2, 0.25) is 0 Å². The van der Waals surface area contributed by atoms with Crippen molar-refractivity contribution in [3.05, 3.63) is 57.8 Å². The van der Waals surface area contributed by atoms with Gasteiger partial charge in [-0.25, -0.2) is 4.39 Å². The number of benzene rings is 2. The lowest BCUT2D eigenvalue weighted by Crippen LogP contribution is -2.07. The van der Waals surface area contributed by atoms with Crippen LogP contribution in [0.1, 0.15) is 24.1 Å². The van der Waals surface area contributed by atoms with Gasteiger partial charge in [-0.05, 0) is 64.3 Å². The zero-order chi connectivity index (χ0) is 14.1. The van der Waals surface area contributed by atoms with Crippen molar-refractivity contribution >= 4 is 21.6 Å². The monoisotopic (exact) mass is 335 g/mol. The Balaban J connectivity index is 1.78. The van der Waals surface area contributed by atoms with E-state index in [0.29, 0.717) is 4.47 Å². The molecule has 0 fully saturated rings. The van der Waals surface area contributed by atoms with Crippen molar-refractivity contribution in [3.8, 4) is 5.75 Å². The third-order valence-corrected chi connectivity index (χ3v) is 4.16. The SMILES string of the molecule is CC(Nc1ccc(Br)c(F)c1)c1ccc2c(c1)CCO2. The number of hydrogen-bond acceptors (Lipinski definition) is 2. The Morgan fingerprint density at radius 2 is 2.10 bits per heavy atom. The minimum absolute atomic E-state index is 0.112. The first-order valence-electron chi connectivity index (χ1n) is 6.61. The molecule has 4 heteroatoms. The van der Waals surface area contributed by atoms with Crippen LogP contribution >= 0.6 is 15.9 Å². The third kappa shape index (κ3) is 2.66. The third-order valence-electron chi connectivity index (χ3n) is 3.52. The van der Waals surface area contributed by atoms with Gasteiger partial charge in [0.1, 0.15) is 11.6 Å². The normalized spacial score (nSPS) is 14.6. The van der Waals surface area contributed by atoms with Crippen LogP contribution in [-0.2, 0) is 6.42 Å². The Hall–Kier alpha value is -1.55. The highest BCUT2D eigenvalue weighted by molar-refractivity contribution is 9.10. The average molecular weight is 336 g/mol. The van der Waals surface area contributed by atoms with E-state index in [1.165, 1.54) is 17.2 Å². The van der Waals surface area contributed by atoms with E-state index in [-0.39, 0.29) is 11.9 Å². The van der Waals surface area contributed by atoms with Crippen LogP contribution in [0, 0.1) is 5.82 Å². The first-order valence-corrected chi connectivity index (χ1v) is 7.40. The molecule has 0 bridgehead atoms. The molecule has 3 rings (SSSR count). The molecule has 1 aliphatic heterocycles.